The molecule has 46 heavy (non-hydrogen) atoms. The third kappa shape index (κ3) is 4.37. The van der Waals surface area contributed by atoms with Crippen molar-refractivity contribution in [2.75, 3.05) is 19.7 Å². The van der Waals surface area contributed by atoms with Gasteiger partial charge in [0, 0.05) is 24.8 Å². The van der Waals surface area contributed by atoms with Crippen LogP contribution in [0.5, 0.6) is 0 Å². The fourth-order valence-corrected chi connectivity index (χ4v) is 13.9. The zero-order valence-corrected chi connectivity index (χ0v) is 29.1. The molecular weight excluding hydrogens is 580 g/mol. The van der Waals surface area contributed by atoms with Gasteiger partial charge in [-0.1, -0.05) is 34.6 Å². The van der Waals surface area contributed by atoms with E-state index in [1.807, 2.05) is 4.90 Å². The van der Waals surface area contributed by atoms with Gasteiger partial charge in [0.2, 0.25) is 11.8 Å². The van der Waals surface area contributed by atoms with Crippen LogP contribution in [-0.2, 0) is 23.8 Å². The molecule has 2 amide bonds. The maximum absolute atomic E-state index is 12.9. The van der Waals surface area contributed by atoms with Gasteiger partial charge in [-0.15, -0.1) is 0 Å². The van der Waals surface area contributed by atoms with Crippen molar-refractivity contribution >= 4 is 11.8 Å². The van der Waals surface area contributed by atoms with Crippen LogP contribution in [0.2, 0.25) is 0 Å². The zero-order valence-electron chi connectivity index (χ0n) is 29.1. The van der Waals surface area contributed by atoms with Crippen molar-refractivity contribution in [3.8, 4) is 0 Å². The molecule has 6 saturated carbocycles. The summed E-state index contributed by atoms with van der Waals surface area (Å²) in [6.45, 7) is 14.0. The minimum atomic E-state index is -0.487. The second-order valence-corrected chi connectivity index (χ2v) is 18.6. The van der Waals surface area contributed by atoms with Crippen molar-refractivity contribution in [1.82, 2.24) is 4.90 Å². The van der Waals surface area contributed by atoms with Crippen LogP contribution in [0, 0.1) is 56.7 Å². The molecule has 0 radical (unpaired) electrons. The molecule has 0 aromatic rings. The molecule has 2 heterocycles. The molecule has 8 heteroatoms. The average Bonchev–Trinajstić information content (AvgIpc) is 3.93. The fourth-order valence-electron chi connectivity index (χ4n) is 13.9. The summed E-state index contributed by atoms with van der Waals surface area (Å²) in [6, 6.07) is 0. The Balaban J connectivity index is 0.995. The van der Waals surface area contributed by atoms with Gasteiger partial charge < -0.3 is 30.0 Å². The Morgan fingerprint density at radius 2 is 1.74 bits per heavy atom. The molecule has 0 aromatic heterocycles. The number of nitrogens with zero attached hydrogens (tertiary/aromatic N) is 1. The quantitative estimate of drug-likeness (QED) is 0.384. The lowest BCUT2D eigenvalue weighted by Gasteiger charge is -2.64. The van der Waals surface area contributed by atoms with E-state index in [4.69, 9.17) is 19.9 Å². The SMILES string of the molecule is CC1CC(CCC(N)=O)OC2C1C1(C)CCC34CC35CCC(OC3CN(C(=O)CC6CC6)CCO3)C(C)(C)C5CCC4C1(C)C2O. The number of morpholine rings is 1. The lowest BCUT2D eigenvalue weighted by Crippen LogP contribution is -2.60. The van der Waals surface area contributed by atoms with Crippen LogP contribution in [-0.4, -0.2) is 72.2 Å². The molecule has 8 fully saturated rings. The molecular formula is C38H60N2O6. The Hall–Kier alpha value is -1.22. The second-order valence-electron chi connectivity index (χ2n) is 18.6. The summed E-state index contributed by atoms with van der Waals surface area (Å²) < 4.78 is 19.7. The number of carbonyl (C=O) groups excluding carboxylic acids is 2. The lowest BCUT2D eigenvalue weighted by molar-refractivity contribution is -0.248. The van der Waals surface area contributed by atoms with Gasteiger partial charge >= 0.3 is 0 Å². The minimum absolute atomic E-state index is 0.00432. The molecule has 3 N–H and O–H groups in total. The van der Waals surface area contributed by atoms with Gasteiger partial charge in [-0.2, -0.15) is 0 Å². The molecule has 6 aliphatic carbocycles. The van der Waals surface area contributed by atoms with Crippen molar-refractivity contribution in [3.05, 3.63) is 0 Å². The average molecular weight is 641 g/mol. The van der Waals surface area contributed by atoms with E-state index in [0.717, 1.165) is 25.7 Å². The number of primary amides is 1. The van der Waals surface area contributed by atoms with Crippen molar-refractivity contribution in [2.45, 2.75) is 149 Å². The molecule has 2 aliphatic heterocycles. The van der Waals surface area contributed by atoms with Gasteiger partial charge in [-0.25, -0.2) is 0 Å². The van der Waals surface area contributed by atoms with Gasteiger partial charge in [0.25, 0.3) is 0 Å². The Morgan fingerprint density at radius 3 is 2.48 bits per heavy atom. The summed E-state index contributed by atoms with van der Waals surface area (Å²) in [5.74, 6) is 2.47. The summed E-state index contributed by atoms with van der Waals surface area (Å²) in [7, 11) is 0. The Morgan fingerprint density at radius 1 is 1.00 bits per heavy atom. The smallest absolute Gasteiger partial charge is 0.223 e. The third-order valence-electron chi connectivity index (χ3n) is 16.4. The molecule has 258 valence electrons. The van der Waals surface area contributed by atoms with Crippen LogP contribution in [0.15, 0.2) is 0 Å². The highest BCUT2D eigenvalue weighted by Crippen LogP contribution is 2.89. The predicted molar refractivity (Wildman–Crippen MR) is 173 cm³/mol. The Kier molecular flexibility index (Phi) is 7.40. The van der Waals surface area contributed by atoms with Gasteiger partial charge in [0.15, 0.2) is 6.29 Å². The van der Waals surface area contributed by atoms with Gasteiger partial charge in [0.1, 0.15) is 0 Å². The summed E-state index contributed by atoms with van der Waals surface area (Å²) in [5.41, 5.74) is 5.98. The molecule has 8 rings (SSSR count). The highest BCUT2D eigenvalue weighted by Gasteiger charge is 2.84. The number of fused-ring (bicyclic) bond motifs is 4. The van der Waals surface area contributed by atoms with Crippen LogP contribution in [0.3, 0.4) is 0 Å². The van der Waals surface area contributed by atoms with Crippen LogP contribution in [0.25, 0.3) is 0 Å². The Bertz CT molecular complexity index is 1250. The van der Waals surface area contributed by atoms with Gasteiger partial charge in [-0.3, -0.25) is 9.59 Å². The van der Waals surface area contributed by atoms with Gasteiger partial charge in [-0.05, 0) is 122 Å². The van der Waals surface area contributed by atoms with Crippen LogP contribution in [0.4, 0.5) is 0 Å². The number of nitrogens with two attached hydrogens (primary N) is 1. The normalized spacial score (nSPS) is 52.0. The monoisotopic (exact) mass is 640 g/mol. The van der Waals surface area contributed by atoms with Crippen molar-refractivity contribution < 1.29 is 28.9 Å². The first kappa shape index (κ1) is 32.0. The summed E-state index contributed by atoms with van der Waals surface area (Å²) in [4.78, 5) is 26.4. The van der Waals surface area contributed by atoms with Crippen molar-refractivity contribution in [3.63, 3.8) is 0 Å². The number of amides is 2. The topological polar surface area (TPSA) is 111 Å². The lowest BCUT2D eigenvalue weighted by atomic mass is 9.41. The number of aliphatic hydroxyl groups is 1. The fraction of sp³-hybridized carbons (Fsp3) is 0.947. The number of rotatable bonds is 7. The maximum Gasteiger partial charge on any atom is 0.223 e. The van der Waals surface area contributed by atoms with E-state index in [9.17, 15) is 14.7 Å². The zero-order chi connectivity index (χ0) is 32.4. The number of hydrogen-bond donors (Lipinski definition) is 2. The molecule has 13 unspecified atom stereocenters. The van der Waals surface area contributed by atoms with E-state index in [2.05, 4.69) is 34.6 Å². The number of ether oxygens (including phenoxy) is 3. The van der Waals surface area contributed by atoms with Crippen LogP contribution >= 0.6 is 0 Å². The molecule has 2 saturated heterocycles. The predicted octanol–water partition coefficient (Wildman–Crippen LogP) is 5.44. The minimum Gasteiger partial charge on any atom is -0.390 e. The first-order chi connectivity index (χ1) is 21.8. The second kappa shape index (κ2) is 10.6. The highest BCUT2D eigenvalue weighted by atomic mass is 16.7. The largest absolute Gasteiger partial charge is 0.390 e. The number of carbonyl (C=O) groups is 2. The van der Waals surface area contributed by atoms with Crippen LogP contribution in [0.1, 0.15) is 118 Å². The van der Waals surface area contributed by atoms with Gasteiger partial charge in [0.05, 0.1) is 37.6 Å². The van der Waals surface area contributed by atoms with E-state index in [0.29, 0.717) is 79.4 Å². The van der Waals surface area contributed by atoms with E-state index in [1.54, 1.807) is 0 Å². The summed E-state index contributed by atoms with van der Waals surface area (Å²) in [5, 5.41) is 12.4. The van der Waals surface area contributed by atoms with Crippen molar-refractivity contribution in [1.29, 1.82) is 0 Å². The van der Waals surface area contributed by atoms with Crippen LogP contribution < -0.4 is 5.73 Å². The van der Waals surface area contributed by atoms with Crippen molar-refractivity contribution in [2.24, 2.45) is 62.4 Å². The molecule has 0 bridgehead atoms. The molecule has 2 spiro atoms. The molecule has 8 aliphatic rings. The van der Waals surface area contributed by atoms with E-state index >= 15 is 0 Å². The highest BCUT2D eigenvalue weighted by molar-refractivity contribution is 5.76. The maximum atomic E-state index is 12.9. The number of aliphatic hydroxyl groups excluding tert-OH is 1. The Labute approximate surface area is 276 Å². The van der Waals surface area contributed by atoms with E-state index in [1.165, 1.54) is 38.5 Å². The summed E-state index contributed by atoms with van der Waals surface area (Å²) >= 11 is 0. The summed E-state index contributed by atoms with van der Waals surface area (Å²) in [6.07, 6.45) is 12.4. The molecule has 8 nitrogen and oxygen atoms in total. The molecule has 0 aromatic carbocycles. The number of hydrogen-bond acceptors (Lipinski definition) is 6. The molecule has 13 atom stereocenters. The van der Waals surface area contributed by atoms with E-state index in [-0.39, 0.29) is 52.7 Å². The first-order valence-electron chi connectivity index (χ1n) is 18.9. The third-order valence-corrected chi connectivity index (χ3v) is 16.4. The van der Waals surface area contributed by atoms with E-state index < -0.39 is 6.10 Å². The standard InChI is InChI=1S/C38H60N2O6/c1-22-18-24(8-11-28(39)41)45-32-31(22)35(4)14-15-38-21-37(38)13-12-27(34(2,3)25(37)9-10-26(38)36(35,5)33(32)43)46-30-20-40(16-17-44-30)29(42)19-23-6-7-23/h22-27,30-33,43H,6-21H2,1-5H3,(H2,39,41). The first-order valence-corrected chi connectivity index (χ1v) is 18.9.